The summed E-state index contributed by atoms with van der Waals surface area (Å²) >= 11 is 0. The van der Waals surface area contributed by atoms with Gasteiger partial charge in [-0.3, -0.25) is 14.4 Å². The summed E-state index contributed by atoms with van der Waals surface area (Å²) in [4.78, 5) is 47.0. The van der Waals surface area contributed by atoms with Crippen molar-refractivity contribution in [3.63, 3.8) is 0 Å². The van der Waals surface area contributed by atoms with Crippen molar-refractivity contribution in [2.75, 3.05) is 33.3 Å². The molecule has 1 spiro atoms. The summed E-state index contributed by atoms with van der Waals surface area (Å²) in [7, 11) is 1.76. The monoisotopic (exact) mass is 485 g/mol. The van der Waals surface area contributed by atoms with Gasteiger partial charge in [-0.1, -0.05) is 56.4 Å². The molecule has 3 amide bonds. The van der Waals surface area contributed by atoms with E-state index in [1.165, 1.54) is 6.42 Å². The molecule has 192 valence electrons. The lowest BCUT2D eigenvalue weighted by atomic mass is 9.77. The van der Waals surface area contributed by atoms with Crippen molar-refractivity contribution < 1.29 is 24.2 Å². The summed E-state index contributed by atoms with van der Waals surface area (Å²) in [5.74, 6) is -1.57. The third kappa shape index (κ3) is 4.12. The number of likely N-dealkylation sites (tertiary alicyclic amines) is 1. The number of fused-ring (bicyclic) bond motifs is 2. The lowest BCUT2D eigenvalue weighted by Crippen LogP contribution is -2.57. The number of aliphatic hydroxyl groups excluding tert-OH is 1. The van der Waals surface area contributed by atoms with Crippen LogP contribution in [-0.2, 0) is 19.1 Å². The average molecular weight is 486 g/mol. The number of ether oxygens (including phenoxy) is 1. The Balaban J connectivity index is 1.49. The molecule has 0 bridgehead atoms. The zero-order valence-corrected chi connectivity index (χ0v) is 20.8. The molecule has 3 fully saturated rings. The molecule has 35 heavy (non-hydrogen) atoms. The first-order chi connectivity index (χ1) is 17.0. The molecule has 0 aromatic carbocycles. The van der Waals surface area contributed by atoms with Gasteiger partial charge >= 0.3 is 0 Å². The van der Waals surface area contributed by atoms with E-state index in [-0.39, 0.29) is 30.4 Å². The maximum atomic E-state index is 14.2. The number of carbonyl (C=O) groups excluding carboxylic acids is 3. The molecule has 5 rings (SSSR count). The highest BCUT2D eigenvalue weighted by atomic mass is 16.5. The predicted octanol–water partition coefficient (Wildman–Crippen LogP) is 1.88. The molecule has 4 heterocycles. The van der Waals surface area contributed by atoms with Crippen LogP contribution in [0.1, 0.15) is 57.8 Å². The van der Waals surface area contributed by atoms with E-state index in [1.54, 1.807) is 16.8 Å². The second kappa shape index (κ2) is 10.1. The van der Waals surface area contributed by atoms with Gasteiger partial charge in [0, 0.05) is 39.3 Å². The maximum absolute atomic E-state index is 14.2. The number of aliphatic hydroxyl groups is 1. The molecule has 2 saturated heterocycles. The highest BCUT2D eigenvalue weighted by Crippen LogP contribution is 2.53. The zero-order chi connectivity index (χ0) is 24.6. The van der Waals surface area contributed by atoms with Crippen LogP contribution in [0.4, 0.5) is 0 Å². The SMILES string of the molecule is CN1CC=C[C@@H]2O[C@]34C=CCN(C5CCCCC5)C(=O)C3N(CCCCCCO)C(=O)[C@@H]4[C@@H]2C1=O. The number of rotatable bonds is 7. The van der Waals surface area contributed by atoms with Gasteiger partial charge in [0.15, 0.2) is 0 Å². The standard InChI is InChI=1S/C27H39N3O5/c1-28-15-9-13-20-21(24(28)32)22-25(33)30(16-7-2-3-8-18-31)23-26(34)29(19-11-5-4-6-12-19)17-10-14-27(22,23)35-20/h9-10,13-14,19-23,31H,2-8,11-12,15-18H2,1H3/t20-,21+,22-,23?,27-/m0/s1. The predicted molar refractivity (Wildman–Crippen MR) is 130 cm³/mol. The summed E-state index contributed by atoms with van der Waals surface area (Å²) in [5.41, 5.74) is -1.11. The van der Waals surface area contributed by atoms with Crippen molar-refractivity contribution in [3.8, 4) is 0 Å². The first-order valence-electron chi connectivity index (χ1n) is 13.5. The quantitative estimate of drug-likeness (QED) is 0.439. The van der Waals surface area contributed by atoms with E-state index in [9.17, 15) is 14.4 Å². The van der Waals surface area contributed by atoms with Crippen LogP contribution in [0, 0.1) is 11.8 Å². The summed E-state index contributed by atoms with van der Waals surface area (Å²) < 4.78 is 6.65. The molecule has 5 aliphatic rings. The Bertz CT molecular complexity index is 897. The number of hydrogen-bond donors (Lipinski definition) is 1. The minimum absolute atomic E-state index is 0.0330. The first kappa shape index (κ1) is 24.5. The largest absolute Gasteiger partial charge is 0.396 e. The topological polar surface area (TPSA) is 90.4 Å². The van der Waals surface area contributed by atoms with Crippen LogP contribution < -0.4 is 0 Å². The van der Waals surface area contributed by atoms with Gasteiger partial charge < -0.3 is 24.5 Å². The Labute approximate surface area is 207 Å². The van der Waals surface area contributed by atoms with Crippen LogP contribution >= 0.6 is 0 Å². The average Bonchev–Trinajstić information content (AvgIpc) is 3.18. The lowest BCUT2D eigenvalue weighted by molar-refractivity contribution is -0.149. The Morgan fingerprint density at radius 1 is 0.971 bits per heavy atom. The molecule has 4 aliphatic heterocycles. The molecular formula is C27H39N3O5. The molecule has 5 atom stereocenters. The van der Waals surface area contributed by atoms with E-state index < -0.39 is 29.6 Å². The van der Waals surface area contributed by atoms with E-state index in [0.29, 0.717) is 19.6 Å². The Hall–Kier alpha value is -2.19. The third-order valence-electron chi connectivity index (χ3n) is 8.71. The fraction of sp³-hybridized carbons (Fsp3) is 0.741. The molecule has 1 unspecified atom stereocenters. The van der Waals surface area contributed by atoms with Crippen LogP contribution in [0.5, 0.6) is 0 Å². The molecule has 1 N–H and O–H groups in total. The lowest BCUT2D eigenvalue weighted by Gasteiger charge is -2.39. The molecule has 0 aromatic heterocycles. The smallest absolute Gasteiger partial charge is 0.249 e. The summed E-state index contributed by atoms with van der Waals surface area (Å²) in [6, 6.07) is -0.548. The number of likely N-dealkylation sites (N-methyl/N-ethyl adjacent to an activating group) is 1. The zero-order valence-electron chi connectivity index (χ0n) is 20.8. The van der Waals surface area contributed by atoms with Crippen LogP contribution in [0.15, 0.2) is 24.3 Å². The second-order valence-corrected chi connectivity index (χ2v) is 10.8. The third-order valence-corrected chi connectivity index (χ3v) is 8.71. The van der Waals surface area contributed by atoms with E-state index in [0.717, 1.165) is 51.4 Å². The van der Waals surface area contributed by atoms with Gasteiger partial charge in [-0.05, 0) is 25.7 Å². The minimum atomic E-state index is -1.11. The van der Waals surface area contributed by atoms with Crippen molar-refractivity contribution in [1.82, 2.24) is 14.7 Å². The van der Waals surface area contributed by atoms with Crippen molar-refractivity contribution >= 4 is 17.7 Å². The normalized spacial score (nSPS) is 35.3. The Morgan fingerprint density at radius 3 is 2.51 bits per heavy atom. The highest BCUT2D eigenvalue weighted by molar-refractivity contribution is 5.99. The summed E-state index contributed by atoms with van der Waals surface area (Å²) in [6.07, 6.45) is 16.0. The number of unbranched alkanes of at least 4 members (excludes halogenated alkanes) is 3. The first-order valence-corrected chi connectivity index (χ1v) is 13.5. The van der Waals surface area contributed by atoms with E-state index >= 15 is 0 Å². The summed E-state index contributed by atoms with van der Waals surface area (Å²) in [6.45, 7) is 1.64. The molecule has 0 radical (unpaired) electrons. The second-order valence-electron chi connectivity index (χ2n) is 10.8. The molecule has 8 nitrogen and oxygen atoms in total. The van der Waals surface area contributed by atoms with Crippen molar-refractivity contribution in [3.05, 3.63) is 24.3 Å². The Kier molecular flexibility index (Phi) is 7.04. The van der Waals surface area contributed by atoms with Gasteiger partial charge in [-0.15, -0.1) is 0 Å². The van der Waals surface area contributed by atoms with Gasteiger partial charge in [0.2, 0.25) is 17.7 Å². The van der Waals surface area contributed by atoms with E-state index in [1.807, 2.05) is 29.2 Å². The van der Waals surface area contributed by atoms with Gasteiger partial charge in [0.1, 0.15) is 11.6 Å². The fourth-order valence-electron chi connectivity index (χ4n) is 6.99. The summed E-state index contributed by atoms with van der Waals surface area (Å²) in [5, 5.41) is 9.10. The number of nitrogens with zero attached hydrogens (tertiary/aromatic N) is 3. The molecular weight excluding hydrogens is 446 g/mol. The molecule has 0 aromatic rings. The minimum Gasteiger partial charge on any atom is -0.396 e. The number of amides is 3. The molecule has 1 saturated carbocycles. The van der Waals surface area contributed by atoms with Crippen LogP contribution in [-0.4, -0.2) is 94.6 Å². The van der Waals surface area contributed by atoms with Gasteiger partial charge in [0.05, 0.1) is 17.9 Å². The highest BCUT2D eigenvalue weighted by Gasteiger charge is 2.71. The fourth-order valence-corrected chi connectivity index (χ4v) is 6.99. The number of carbonyl (C=O) groups is 3. The van der Waals surface area contributed by atoms with Crippen LogP contribution in [0.2, 0.25) is 0 Å². The van der Waals surface area contributed by atoms with Gasteiger partial charge in [-0.2, -0.15) is 0 Å². The van der Waals surface area contributed by atoms with Crippen molar-refractivity contribution in [2.24, 2.45) is 11.8 Å². The van der Waals surface area contributed by atoms with E-state index in [2.05, 4.69) is 0 Å². The van der Waals surface area contributed by atoms with Crippen LogP contribution in [0.3, 0.4) is 0 Å². The van der Waals surface area contributed by atoms with E-state index in [4.69, 9.17) is 9.84 Å². The van der Waals surface area contributed by atoms with Crippen LogP contribution in [0.25, 0.3) is 0 Å². The Morgan fingerprint density at radius 2 is 1.74 bits per heavy atom. The van der Waals surface area contributed by atoms with Gasteiger partial charge in [-0.25, -0.2) is 0 Å². The van der Waals surface area contributed by atoms with Crippen molar-refractivity contribution in [2.45, 2.75) is 81.6 Å². The molecule has 1 aliphatic carbocycles. The van der Waals surface area contributed by atoms with Gasteiger partial charge in [0.25, 0.3) is 0 Å². The molecule has 8 heteroatoms. The van der Waals surface area contributed by atoms with Crippen molar-refractivity contribution in [1.29, 1.82) is 0 Å². The maximum Gasteiger partial charge on any atom is 0.249 e. The number of hydrogen-bond acceptors (Lipinski definition) is 5.